The second-order valence-corrected chi connectivity index (χ2v) is 5.37. The summed E-state index contributed by atoms with van der Waals surface area (Å²) in [6.45, 7) is 4.20. The zero-order valence-corrected chi connectivity index (χ0v) is 9.51. The first-order valence-corrected chi connectivity index (χ1v) is 5.87. The van der Waals surface area contributed by atoms with E-state index in [0.717, 1.165) is 19.3 Å². The molecule has 1 N–H and O–H groups in total. The van der Waals surface area contributed by atoms with Crippen molar-refractivity contribution in [1.29, 1.82) is 0 Å². The lowest BCUT2D eigenvalue weighted by Crippen LogP contribution is -2.52. The molecule has 0 bridgehead atoms. The Morgan fingerprint density at radius 1 is 1.33 bits per heavy atom. The first kappa shape index (κ1) is 10.7. The predicted octanol–water partition coefficient (Wildman–Crippen LogP) is 1.87. The van der Waals surface area contributed by atoms with Crippen LogP contribution in [-0.4, -0.2) is 11.8 Å². The van der Waals surface area contributed by atoms with E-state index in [1.165, 1.54) is 6.42 Å². The zero-order chi connectivity index (χ0) is 11.1. The summed E-state index contributed by atoms with van der Waals surface area (Å²) in [5.41, 5.74) is -0.0307. The van der Waals surface area contributed by atoms with E-state index in [9.17, 15) is 9.59 Å². The SMILES string of the molecule is CC1CCCC2(CC(=O)NC(=O)C2C)C1. The summed E-state index contributed by atoms with van der Waals surface area (Å²) in [7, 11) is 0. The minimum Gasteiger partial charge on any atom is -0.296 e. The molecule has 1 spiro atoms. The lowest BCUT2D eigenvalue weighted by atomic mass is 9.60. The molecular formula is C12H19NO2. The summed E-state index contributed by atoms with van der Waals surface area (Å²) in [4.78, 5) is 23.1. The summed E-state index contributed by atoms with van der Waals surface area (Å²) in [6.07, 6.45) is 5.02. The van der Waals surface area contributed by atoms with Crippen LogP contribution in [0.4, 0.5) is 0 Å². The summed E-state index contributed by atoms with van der Waals surface area (Å²) in [5.74, 6) is 0.505. The largest absolute Gasteiger partial charge is 0.296 e. The Bertz CT molecular complexity index is 300. The average molecular weight is 209 g/mol. The fourth-order valence-electron chi connectivity index (χ4n) is 3.30. The second-order valence-electron chi connectivity index (χ2n) is 5.37. The first-order chi connectivity index (χ1) is 7.03. The van der Waals surface area contributed by atoms with Crippen LogP contribution in [0.3, 0.4) is 0 Å². The van der Waals surface area contributed by atoms with Crippen LogP contribution in [0.2, 0.25) is 0 Å². The third kappa shape index (κ3) is 1.80. The Morgan fingerprint density at radius 2 is 2.07 bits per heavy atom. The molecule has 1 heterocycles. The third-order valence-corrected chi connectivity index (χ3v) is 4.21. The Morgan fingerprint density at radius 3 is 2.73 bits per heavy atom. The van der Waals surface area contributed by atoms with Crippen molar-refractivity contribution in [3.05, 3.63) is 0 Å². The molecule has 3 atom stereocenters. The van der Waals surface area contributed by atoms with Gasteiger partial charge in [0.25, 0.3) is 0 Å². The maximum atomic E-state index is 11.7. The fraction of sp³-hybridized carbons (Fsp3) is 0.833. The molecule has 3 heteroatoms. The summed E-state index contributed by atoms with van der Waals surface area (Å²) >= 11 is 0. The molecule has 1 aliphatic carbocycles. The highest BCUT2D eigenvalue weighted by molar-refractivity contribution is 5.99. The fourth-order valence-corrected chi connectivity index (χ4v) is 3.30. The Balaban J connectivity index is 2.23. The number of hydrogen-bond acceptors (Lipinski definition) is 2. The van der Waals surface area contributed by atoms with E-state index in [2.05, 4.69) is 12.2 Å². The third-order valence-electron chi connectivity index (χ3n) is 4.21. The highest BCUT2D eigenvalue weighted by atomic mass is 16.2. The second kappa shape index (κ2) is 3.62. The van der Waals surface area contributed by atoms with Crippen LogP contribution in [0, 0.1) is 17.3 Å². The topological polar surface area (TPSA) is 46.2 Å². The molecule has 0 aromatic carbocycles. The highest BCUT2D eigenvalue weighted by Gasteiger charge is 2.47. The van der Waals surface area contributed by atoms with Gasteiger partial charge in [0, 0.05) is 12.3 Å². The van der Waals surface area contributed by atoms with Crippen molar-refractivity contribution in [3.63, 3.8) is 0 Å². The van der Waals surface area contributed by atoms with Gasteiger partial charge in [-0.15, -0.1) is 0 Å². The van der Waals surface area contributed by atoms with E-state index >= 15 is 0 Å². The van der Waals surface area contributed by atoms with Gasteiger partial charge in [-0.1, -0.05) is 26.7 Å². The van der Waals surface area contributed by atoms with E-state index in [0.29, 0.717) is 12.3 Å². The van der Waals surface area contributed by atoms with Crippen LogP contribution in [0.5, 0.6) is 0 Å². The monoisotopic (exact) mass is 209 g/mol. The number of amides is 2. The molecule has 1 saturated heterocycles. The molecule has 0 aromatic heterocycles. The number of hydrogen-bond donors (Lipinski definition) is 1. The molecule has 0 radical (unpaired) electrons. The molecule has 2 amide bonds. The molecule has 3 nitrogen and oxygen atoms in total. The van der Waals surface area contributed by atoms with Gasteiger partial charge in [-0.3, -0.25) is 14.9 Å². The van der Waals surface area contributed by atoms with Crippen molar-refractivity contribution in [3.8, 4) is 0 Å². The van der Waals surface area contributed by atoms with Crippen LogP contribution in [0.1, 0.15) is 46.0 Å². The molecule has 15 heavy (non-hydrogen) atoms. The van der Waals surface area contributed by atoms with Gasteiger partial charge in [-0.05, 0) is 24.2 Å². The number of nitrogens with one attached hydrogen (secondary N) is 1. The summed E-state index contributed by atoms with van der Waals surface area (Å²) < 4.78 is 0. The van der Waals surface area contributed by atoms with Gasteiger partial charge in [0.2, 0.25) is 11.8 Å². The number of piperidine rings is 1. The lowest BCUT2D eigenvalue weighted by molar-refractivity contribution is -0.145. The maximum absolute atomic E-state index is 11.7. The van der Waals surface area contributed by atoms with Crippen LogP contribution < -0.4 is 5.32 Å². The van der Waals surface area contributed by atoms with Gasteiger partial charge < -0.3 is 0 Å². The maximum Gasteiger partial charge on any atom is 0.229 e. The number of rotatable bonds is 0. The lowest BCUT2D eigenvalue weighted by Gasteiger charge is -2.45. The minimum atomic E-state index is -0.0767. The molecule has 1 saturated carbocycles. The van der Waals surface area contributed by atoms with Crippen LogP contribution in [0.15, 0.2) is 0 Å². The summed E-state index contributed by atoms with van der Waals surface area (Å²) in [5, 5.41) is 2.44. The molecule has 2 fully saturated rings. The molecule has 2 rings (SSSR count). The van der Waals surface area contributed by atoms with E-state index in [4.69, 9.17) is 0 Å². The normalized spacial score (nSPS) is 41.7. The Labute approximate surface area is 90.6 Å². The van der Waals surface area contributed by atoms with Crippen molar-refractivity contribution in [1.82, 2.24) is 5.32 Å². The van der Waals surface area contributed by atoms with E-state index in [-0.39, 0.29) is 23.1 Å². The van der Waals surface area contributed by atoms with Crippen LogP contribution in [-0.2, 0) is 9.59 Å². The summed E-state index contributed by atoms with van der Waals surface area (Å²) in [6, 6.07) is 0. The molecule has 2 aliphatic rings. The van der Waals surface area contributed by atoms with Crippen molar-refractivity contribution < 1.29 is 9.59 Å². The average Bonchev–Trinajstić information content (AvgIpc) is 2.14. The molecular weight excluding hydrogens is 190 g/mol. The number of imide groups is 1. The van der Waals surface area contributed by atoms with E-state index in [1.54, 1.807) is 0 Å². The van der Waals surface area contributed by atoms with Gasteiger partial charge in [0.15, 0.2) is 0 Å². The number of carbonyl (C=O) groups is 2. The molecule has 3 unspecified atom stereocenters. The predicted molar refractivity (Wildman–Crippen MR) is 57.0 cm³/mol. The molecule has 0 aromatic rings. The van der Waals surface area contributed by atoms with Gasteiger partial charge >= 0.3 is 0 Å². The van der Waals surface area contributed by atoms with Crippen LogP contribution in [0.25, 0.3) is 0 Å². The first-order valence-electron chi connectivity index (χ1n) is 5.87. The van der Waals surface area contributed by atoms with Gasteiger partial charge in [-0.2, -0.15) is 0 Å². The van der Waals surface area contributed by atoms with Gasteiger partial charge in [0.05, 0.1) is 0 Å². The number of carbonyl (C=O) groups excluding carboxylic acids is 2. The van der Waals surface area contributed by atoms with Crippen LogP contribution >= 0.6 is 0 Å². The van der Waals surface area contributed by atoms with Crippen molar-refractivity contribution in [2.24, 2.45) is 17.3 Å². The highest BCUT2D eigenvalue weighted by Crippen LogP contribution is 2.48. The molecule has 84 valence electrons. The Hall–Kier alpha value is -0.860. The standard InChI is InChI=1S/C12H19NO2/c1-8-4-3-5-12(6-8)7-10(14)13-11(15)9(12)2/h8-9H,3-7H2,1-2H3,(H,13,14,15). The van der Waals surface area contributed by atoms with Crippen molar-refractivity contribution in [2.45, 2.75) is 46.0 Å². The smallest absolute Gasteiger partial charge is 0.229 e. The minimum absolute atomic E-state index is 0.00190. The van der Waals surface area contributed by atoms with Gasteiger partial charge in [0.1, 0.15) is 0 Å². The van der Waals surface area contributed by atoms with Gasteiger partial charge in [-0.25, -0.2) is 0 Å². The van der Waals surface area contributed by atoms with Crippen molar-refractivity contribution >= 4 is 11.8 Å². The van der Waals surface area contributed by atoms with Crippen molar-refractivity contribution in [2.75, 3.05) is 0 Å². The van der Waals surface area contributed by atoms with E-state index in [1.807, 2.05) is 6.92 Å². The quantitative estimate of drug-likeness (QED) is 0.619. The molecule has 1 aliphatic heterocycles. The zero-order valence-electron chi connectivity index (χ0n) is 9.51. The Kier molecular flexibility index (Phi) is 2.57. The van der Waals surface area contributed by atoms with E-state index < -0.39 is 0 Å².